The minimum Gasteiger partial charge on any atom is -0.421 e. The lowest BCUT2D eigenvalue weighted by atomic mass is 10.1. The van der Waals surface area contributed by atoms with Crippen LogP contribution in [0.25, 0.3) is 0 Å². The Labute approximate surface area is 100 Å². The Morgan fingerprint density at radius 1 is 1.41 bits per heavy atom. The first kappa shape index (κ1) is 11.6. The number of rotatable bonds is 3. The van der Waals surface area contributed by atoms with Gasteiger partial charge in [-0.3, -0.25) is 0 Å². The summed E-state index contributed by atoms with van der Waals surface area (Å²) in [5, 5.41) is 4.20. The normalized spacial score (nSPS) is 12.5. The quantitative estimate of drug-likeness (QED) is 0.878. The Hall–Kier alpha value is -1.88. The number of pyridine rings is 1. The third kappa shape index (κ3) is 2.62. The van der Waals surface area contributed by atoms with Crippen LogP contribution in [0.15, 0.2) is 24.4 Å². The average molecular weight is 232 g/mol. The molecule has 5 heteroatoms. The number of aromatic nitrogens is 3. The van der Waals surface area contributed by atoms with E-state index in [1.54, 1.807) is 10.9 Å². The molecule has 0 radical (unpaired) electrons. The van der Waals surface area contributed by atoms with E-state index in [1.165, 1.54) is 0 Å². The summed E-state index contributed by atoms with van der Waals surface area (Å²) in [5.74, 6) is 1.19. The minimum absolute atomic E-state index is 0.0337. The summed E-state index contributed by atoms with van der Waals surface area (Å²) >= 11 is 0. The molecule has 2 rings (SSSR count). The van der Waals surface area contributed by atoms with E-state index in [-0.39, 0.29) is 6.04 Å². The largest absolute Gasteiger partial charge is 0.421 e. The maximum atomic E-state index is 5.81. The van der Waals surface area contributed by atoms with E-state index >= 15 is 0 Å². The molecule has 0 saturated carbocycles. The summed E-state index contributed by atoms with van der Waals surface area (Å²) in [4.78, 5) is 4.15. The highest BCUT2D eigenvalue weighted by Crippen LogP contribution is 2.21. The summed E-state index contributed by atoms with van der Waals surface area (Å²) in [6.07, 6.45) is 1.69. The van der Waals surface area contributed by atoms with E-state index in [2.05, 4.69) is 10.1 Å². The fraction of sp³-hybridized carbons (Fsp3) is 0.333. The second kappa shape index (κ2) is 4.55. The lowest BCUT2D eigenvalue weighted by molar-refractivity contribution is 0.414. The summed E-state index contributed by atoms with van der Waals surface area (Å²) in [6, 6.07) is 5.55. The first-order chi connectivity index (χ1) is 8.06. The van der Waals surface area contributed by atoms with Crippen molar-refractivity contribution >= 4 is 0 Å². The molecular weight excluding hydrogens is 216 g/mol. The van der Waals surface area contributed by atoms with Gasteiger partial charge in [0.25, 0.3) is 0 Å². The number of ether oxygens (including phenoxy) is 1. The van der Waals surface area contributed by atoms with Crippen molar-refractivity contribution in [2.45, 2.75) is 19.9 Å². The molecule has 0 fully saturated rings. The van der Waals surface area contributed by atoms with E-state index in [0.29, 0.717) is 11.8 Å². The SMILES string of the molecule is Cc1cc(Oc2cc([C@@H](C)N)ccn2)n(C)n1. The number of hydrogen-bond donors (Lipinski definition) is 1. The zero-order chi connectivity index (χ0) is 12.4. The highest BCUT2D eigenvalue weighted by molar-refractivity contribution is 5.27. The van der Waals surface area contributed by atoms with Gasteiger partial charge in [-0.2, -0.15) is 5.10 Å². The van der Waals surface area contributed by atoms with Gasteiger partial charge < -0.3 is 10.5 Å². The maximum Gasteiger partial charge on any atom is 0.221 e. The van der Waals surface area contributed by atoms with Crippen molar-refractivity contribution in [1.29, 1.82) is 0 Å². The molecule has 0 bridgehead atoms. The van der Waals surface area contributed by atoms with Crippen molar-refractivity contribution in [3.05, 3.63) is 35.7 Å². The summed E-state index contributed by atoms with van der Waals surface area (Å²) in [5.41, 5.74) is 7.71. The molecule has 2 N–H and O–H groups in total. The maximum absolute atomic E-state index is 5.81. The van der Waals surface area contributed by atoms with Crippen molar-refractivity contribution < 1.29 is 4.74 Å². The monoisotopic (exact) mass is 232 g/mol. The van der Waals surface area contributed by atoms with E-state index in [9.17, 15) is 0 Å². The Kier molecular flexibility index (Phi) is 3.10. The molecule has 17 heavy (non-hydrogen) atoms. The van der Waals surface area contributed by atoms with Crippen molar-refractivity contribution in [3.63, 3.8) is 0 Å². The summed E-state index contributed by atoms with van der Waals surface area (Å²) in [7, 11) is 1.83. The molecule has 0 amide bonds. The topological polar surface area (TPSA) is 66.0 Å². The lowest BCUT2D eigenvalue weighted by Crippen LogP contribution is -2.05. The van der Waals surface area contributed by atoms with Gasteiger partial charge >= 0.3 is 0 Å². The predicted molar refractivity (Wildman–Crippen MR) is 64.9 cm³/mol. The lowest BCUT2D eigenvalue weighted by Gasteiger charge is -2.08. The summed E-state index contributed by atoms with van der Waals surface area (Å²) < 4.78 is 7.33. The van der Waals surface area contributed by atoms with Crippen LogP contribution < -0.4 is 10.5 Å². The molecular formula is C12H16N4O. The van der Waals surface area contributed by atoms with E-state index < -0.39 is 0 Å². The first-order valence-corrected chi connectivity index (χ1v) is 5.46. The Morgan fingerprint density at radius 3 is 2.76 bits per heavy atom. The molecule has 1 atom stereocenters. The Balaban J connectivity index is 2.24. The van der Waals surface area contributed by atoms with Crippen LogP contribution in [0.2, 0.25) is 0 Å². The minimum atomic E-state index is -0.0337. The molecule has 90 valence electrons. The van der Waals surface area contributed by atoms with Gasteiger partial charge in [-0.05, 0) is 25.5 Å². The number of nitrogens with zero attached hydrogens (tertiary/aromatic N) is 3. The summed E-state index contributed by atoms with van der Waals surface area (Å²) in [6.45, 7) is 3.84. The molecule has 0 aliphatic rings. The molecule has 0 saturated heterocycles. The molecule has 5 nitrogen and oxygen atoms in total. The van der Waals surface area contributed by atoms with E-state index in [0.717, 1.165) is 11.3 Å². The Bertz CT molecular complexity index is 519. The zero-order valence-electron chi connectivity index (χ0n) is 10.2. The predicted octanol–water partition coefficient (Wildman–Crippen LogP) is 1.94. The van der Waals surface area contributed by atoms with Gasteiger partial charge in [0.15, 0.2) is 0 Å². The van der Waals surface area contributed by atoms with Gasteiger partial charge in [-0.1, -0.05) is 0 Å². The van der Waals surface area contributed by atoms with Gasteiger partial charge in [-0.25, -0.2) is 9.67 Å². The molecule has 2 aromatic heterocycles. The van der Waals surface area contributed by atoms with E-state index in [1.807, 2.05) is 39.1 Å². The number of hydrogen-bond acceptors (Lipinski definition) is 4. The zero-order valence-corrected chi connectivity index (χ0v) is 10.2. The van der Waals surface area contributed by atoms with Crippen LogP contribution >= 0.6 is 0 Å². The number of nitrogens with two attached hydrogens (primary N) is 1. The molecule has 0 spiro atoms. The molecule has 0 aromatic carbocycles. The highest BCUT2D eigenvalue weighted by Gasteiger charge is 2.07. The fourth-order valence-corrected chi connectivity index (χ4v) is 1.55. The van der Waals surface area contributed by atoms with Gasteiger partial charge in [-0.15, -0.1) is 0 Å². The second-order valence-corrected chi connectivity index (χ2v) is 4.07. The average Bonchev–Trinajstić information content (AvgIpc) is 2.58. The van der Waals surface area contributed by atoms with Crippen molar-refractivity contribution in [1.82, 2.24) is 14.8 Å². The van der Waals surface area contributed by atoms with Crippen LogP contribution in [0, 0.1) is 6.92 Å². The van der Waals surface area contributed by atoms with Crippen molar-refractivity contribution in [2.24, 2.45) is 12.8 Å². The first-order valence-electron chi connectivity index (χ1n) is 5.46. The molecule has 2 heterocycles. The third-order valence-electron chi connectivity index (χ3n) is 2.45. The molecule has 0 unspecified atom stereocenters. The van der Waals surface area contributed by atoms with Crippen molar-refractivity contribution in [2.75, 3.05) is 0 Å². The number of aryl methyl sites for hydroxylation is 2. The highest BCUT2D eigenvalue weighted by atomic mass is 16.5. The van der Waals surface area contributed by atoms with Crippen LogP contribution in [-0.4, -0.2) is 14.8 Å². The van der Waals surface area contributed by atoms with Crippen LogP contribution in [0.3, 0.4) is 0 Å². The van der Waals surface area contributed by atoms with Crippen LogP contribution in [-0.2, 0) is 7.05 Å². The van der Waals surface area contributed by atoms with Gasteiger partial charge in [0.2, 0.25) is 11.8 Å². The second-order valence-electron chi connectivity index (χ2n) is 4.07. The van der Waals surface area contributed by atoms with Crippen LogP contribution in [0.5, 0.6) is 11.8 Å². The van der Waals surface area contributed by atoms with E-state index in [4.69, 9.17) is 10.5 Å². The van der Waals surface area contributed by atoms with Crippen LogP contribution in [0.1, 0.15) is 24.2 Å². The van der Waals surface area contributed by atoms with Crippen LogP contribution in [0.4, 0.5) is 0 Å². The smallest absolute Gasteiger partial charge is 0.221 e. The van der Waals surface area contributed by atoms with Gasteiger partial charge in [0, 0.05) is 31.4 Å². The van der Waals surface area contributed by atoms with Gasteiger partial charge in [0.1, 0.15) is 0 Å². The fourth-order valence-electron chi connectivity index (χ4n) is 1.55. The Morgan fingerprint density at radius 2 is 2.18 bits per heavy atom. The molecule has 2 aromatic rings. The third-order valence-corrected chi connectivity index (χ3v) is 2.45. The standard InChI is InChI=1S/C12H16N4O/c1-8-6-12(16(3)15-8)17-11-7-10(9(2)13)4-5-14-11/h4-7,9H,13H2,1-3H3/t9-/m1/s1. The molecule has 0 aliphatic heterocycles. The van der Waals surface area contributed by atoms with Gasteiger partial charge in [0.05, 0.1) is 5.69 Å². The molecule has 0 aliphatic carbocycles. The van der Waals surface area contributed by atoms with Crippen molar-refractivity contribution in [3.8, 4) is 11.8 Å².